The average molecular weight is 441 g/mol. The van der Waals surface area contributed by atoms with Gasteiger partial charge in [0.2, 0.25) is 5.95 Å². The number of carboxylic acid groups (broad SMARTS) is 1. The van der Waals surface area contributed by atoms with Crippen molar-refractivity contribution in [2.45, 2.75) is 45.2 Å². The molecule has 1 atom stereocenters. The van der Waals surface area contributed by atoms with E-state index >= 15 is 0 Å². The molecule has 2 aromatic heterocycles. The summed E-state index contributed by atoms with van der Waals surface area (Å²) in [5.41, 5.74) is 4.45. The van der Waals surface area contributed by atoms with Gasteiger partial charge in [0, 0.05) is 36.4 Å². The van der Waals surface area contributed by atoms with Crippen molar-refractivity contribution in [2.75, 3.05) is 11.4 Å². The number of carbonyl (C=O) groups is 1. The summed E-state index contributed by atoms with van der Waals surface area (Å²) in [5, 5.41) is 11.0. The molecule has 4 aromatic rings. The van der Waals surface area contributed by atoms with Crippen molar-refractivity contribution in [2.24, 2.45) is 0 Å². The maximum Gasteiger partial charge on any atom is 0.339 e. The Kier molecular flexibility index (Phi) is 5.82. The highest BCUT2D eigenvalue weighted by Gasteiger charge is 2.29. The molecule has 0 aliphatic carbocycles. The van der Waals surface area contributed by atoms with Crippen LogP contribution in [0.1, 0.15) is 53.0 Å². The number of hydrogen-bond donors (Lipinski definition) is 1. The Morgan fingerprint density at radius 3 is 2.67 bits per heavy atom. The minimum Gasteiger partial charge on any atom is -0.478 e. The standard InChI is InChI=1S/C27H28N4O2/c1-2-30-18-20(21-11-6-7-12-25(21)30)14-15-23-22(26(32)33)17-28-27(29-23)31-16-8-13-24(31)19-9-4-3-5-10-19/h3-7,9-12,17-18,24H,2,8,13-16H2,1H3,(H,32,33). The molecule has 5 rings (SSSR count). The van der Waals surface area contributed by atoms with Gasteiger partial charge >= 0.3 is 5.97 Å². The van der Waals surface area contributed by atoms with Crippen LogP contribution >= 0.6 is 0 Å². The molecule has 1 aliphatic rings. The number of aryl methyl sites for hydroxylation is 3. The summed E-state index contributed by atoms with van der Waals surface area (Å²) >= 11 is 0. The fourth-order valence-electron chi connectivity index (χ4n) is 4.98. The van der Waals surface area contributed by atoms with Crippen LogP contribution in [0.5, 0.6) is 0 Å². The molecule has 0 spiro atoms. The first-order valence-electron chi connectivity index (χ1n) is 11.6. The second-order valence-corrected chi connectivity index (χ2v) is 8.56. The third-order valence-corrected chi connectivity index (χ3v) is 6.62. The van der Waals surface area contributed by atoms with Gasteiger partial charge in [0.1, 0.15) is 0 Å². The highest BCUT2D eigenvalue weighted by Crippen LogP contribution is 2.34. The third kappa shape index (κ3) is 4.09. The molecule has 2 aromatic carbocycles. The number of aromatic nitrogens is 3. The average Bonchev–Trinajstić information content (AvgIpc) is 3.48. The van der Waals surface area contributed by atoms with E-state index in [9.17, 15) is 9.90 Å². The highest BCUT2D eigenvalue weighted by atomic mass is 16.4. The van der Waals surface area contributed by atoms with Crippen molar-refractivity contribution >= 4 is 22.8 Å². The summed E-state index contributed by atoms with van der Waals surface area (Å²) in [6.45, 7) is 3.90. The monoisotopic (exact) mass is 440 g/mol. The van der Waals surface area contributed by atoms with Crippen molar-refractivity contribution in [1.29, 1.82) is 0 Å². The smallest absolute Gasteiger partial charge is 0.339 e. The van der Waals surface area contributed by atoms with Gasteiger partial charge in [-0.1, -0.05) is 48.5 Å². The first kappa shape index (κ1) is 21.2. The molecule has 6 heteroatoms. The lowest BCUT2D eigenvalue weighted by Gasteiger charge is -2.25. The van der Waals surface area contributed by atoms with Crippen LogP contribution < -0.4 is 4.90 Å². The van der Waals surface area contributed by atoms with Gasteiger partial charge < -0.3 is 14.6 Å². The van der Waals surface area contributed by atoms with Crippen molar-refractivity contribution in [1.82, 2.24) is 14.5 Å². The summed E-state index contributed by atoms with van der Waals surface area (Å²) < 4.78 is 2.24. The minimum atomic E-state index is -0.978. The number of anilines is 1. The number of nitrogens with zero attached hydrogens (tertiary/aromatic N) is 4. The molecular weight excluding hydrogens is 412 g/mol. The Balaban J connectivity index is 1.45. The van der Waals surface area contributed by atoms with Gasteiger partial charge in [0.05, 0.1) is 17.3 Å². The van der Waals surface area contributed by atoms with Crippen molar-refractivity contribution < 1.29 is 9.90 Å². The van der Waals surface area contributed by atoms with Crippen LogP contribution in [-0.2, 0) is 19.4 Å². The van der Waals surface area contributed by atoms with E-state index in [4.69, 9.17) is 4.98 Å². The Morgan fingerprint density at radius 2 is 1.88 bits per heavy atom. The first-order valence-corrected chi connectivity index (χ1v) is 11.6. The van der Waals surface area contributed by atoms with Crippen LogP contribution in [0.3, 0.4) is 0 Å². The molecule has 33 heavy (non-hydrogen) atoms. The summed E-state index contributed by atoms with van der Waals surface area (Å²) in [5.74, 6) is -0.356. The summed E-state index contributed by atoms with van der Waals surface area (Å²) in [7, 11) is 0. The Hall–Kier alpha value is -3.67. The summed E-state index contributed by atoms with van der Waals surface area (Å²) in [6, 6.07) is 19.0. The molecule has 1 fully saturated rings. The SMILES string of the molecule is CCn1cc(CCc2nc(N3CCCC3c3ccccc3)ncc2C(=O)O)c2ccccc21. The van der Waals surface area contributed by atoms with E-state index in [0.717, 1.165) is 32.4 Å². The zero-order chi connectivity index (χ0) is 22.8. The number of fused-ring (bicyclic) bond motifs is 1. The lowest BCUT2D eigenvalue weighted by Crippen LogP contribution is -2.25. The Morgan fingerprint density at radius 1 is 1.09 bits per heavy atom. The van der Waals surface area contributed by atoms with Crippen molar-refractivity contribution in [3.8, 4) is 0 Å². The number of aromatic carboxylic acids is 1. The normalized spacial score (nSPS) is 15.9. The molecule has 0 bridgehead atoms. The lowest BCUT2D eigenvalue weighted by molar-refractivity contribution is 0.0694. The molecule has 3 heterocycles. The molecule has 0 saturated carbocycles. The molecule has 6 nitrogen and oxygen atoms in total. The van der Waals surface area contributed by atoms with E-state index in [0.29, 0.717) is 18.1 Å². The predicted octanol–water partition coefficient (Wildman–Crippen LogP) is 5.28. The van der Waals surface area contributed by atoms with E-state index in [-0.39, 0.29) is 11.6 Å². The summed E-state index contributed by atoms with van der Waals surface area (Å²) in [4.78, 5) is 23.4. The molecule has 1 unspecified atom stereocenters. The van der Waals surface area contributed by atoms with Crippen LogP contribution in [-0.4, -0.2) is 32.2 Å². The van der Waals surface area contributed by atoms with Gasteiger partial charge in [-0.15, -0.1) is 0 Å². The molecular formula is C27H28N4O2. The summed E-state index contributed by atoms with van der Waals surface area (Å²) in [6.07, 6.45) is 7.05. The molecule has 0 radical (unpaired) electrons. The maximum absolute atomic E-state index is 11.9. The van der Waals surface area contributed by atoms with E-state index in [1.165, 1.54) is 28.2 Å². The van der Waals surface area contributed by atoms with Gasteiger partial charge in [0.25, 0.3) is 0 Å². The number of rotatable bonds is 7. The Labute approximate surface area is 193 Å². The van der Waals surface area contributed by atoms with Gasteiger partial charge in [-0.25, -0.2) is 14.8 Å². The molecule has 168 valence electrons. The Bertz CT molecular complexity index is 1280. The zero-order valence-corrected chi connectivity index (χ0v) is 18.8. The predicted molar refractivity (Wildman–Crippen MR) is 130 cm³/mol. The lowest BCUT2D eigenvalue weighted by atomic mass is 10.0. The van der Waals surface area contributed by atoms with Crippen LogP contribution in [0.25, 0.3) is 10.9 Å². The topological polar surface area (TPSA) is 71.2 Å². The minimum absolute atomic E-state index is 0.188. The third-order valence-electron chi connectivity index (χ3n) is 6.62. The maximum atomic E-state index is 11.9. The van der Waals surface area contributed by atoms with E-state index in [1.807, 2.05) is 12.1 Å². The molecule has 1 aliphatic heterocycles. The fraction of sp³-hybridized carbons (Fsp3) is 0.296. The number of hydrogen-bond acceptors (Lipinski definition) is 4. The van der Waals surface area contributed by atoms with Gasteiger partial charge in [-0.2, -0.15) is 0 Å². The van der Waals surface area contributed by atoms with Crippen LogP contribution in [0.4, 0.5) is 5.95 Å². The number of benzene rings is 2. The second kappa shape index (κ2) is 9.06. The first-order chi connectivity index (χ1) is 16.2. The van der Waals surface area contributed by atoms with Crippen LogP contribution in [0.2, 0.25) is 0 Å². The molecule has 0 amide bonds. The van der Waals surface area contributed by atoms with Crippen molar-refractivity contribution in [3.63, 3.8) is 0 Å². The molecule has 1 N–H and O–H groups in total. The van der Waals surface area contributed by atoms with E-state index < -0.39 is 5.97 Å². The van der Waals surface area contributed by atoms with Gasteiger partial charge in [-0.3, -0.25) is 0 Å². The highest BCUT2D eigenvalue weighted by molar-refractivity contribution is 5.89. The quantitative estimate of drug-likeness (QED) is 0.424. The van der Waals surface area contributed by atoms with Crippen LogP contribution in [0, 0.1) is 0 Å². The van der Waals surface area contributed by atoms with E-state index in [1.54, 1.807) is 0 Å². The van der Waals surface area contributed by atoms with Gasteiger partial charge in [-0.05, 0) is 49.8 Å². The second-order valence-electron chi connectivity index (χ2n) is 8.56. The van der Waals surface area contributed by atoms with Crippen LogP contribution in [0.15, 0.2) is 67.0 Å². The number of para-hydroxylation sites is 1. The number of carboxylic acids is 1. The largest absolute Gasteiger partial charge is 0.478 e. The van der Waals surface area contributed by atoms with Gasteiger partial charge in [0.15, 0.2) is 0 Å². The van der Waals surface area contributed by atoms with E-state index in [2.05, 4.69) is 70.0 Å². The zero-order valence-electron chi connectivity index (χ0n) is 18.8. The fourth-order valence-corrected chi connectivity index (χ4v) is 4.98. The molecule has 1 saturated heterocycles. The van der Waals surface area contributed by atoms with Crippen molar-refractivity contribution in [3.05, 3.63) is 89.4 Å².